The molecular weight excluding hydrogens is 388 g/mol. The predicted molar refractivity (Wildman–Crippen MR) is 131 cm³/mol. The number of aryl methyl sites for hydroxylation is 2. The van der Waals surface area contributed by atoms with Crippen LogP contribution in [0.15, 0.2) is 107 Å². The second-order valence-electron chi connectivity index (χ2n) is 7.53. The Labute approximate surface area is 189 Å². The molecule has 2 nitrogen and oxygen atoms in total. The Kier molecular flexibility index (Phi) is 6.57. The molecule has 0 amide bonds. The second kappa shape index (κ2) is 10.1. The van der Waals surface area contributed by atoms with Gasteiger partial charge in [0, 0.05) is 22.3 Å². The van der Waals surface area contributed by atoms with Crippen molar-refractivity contribution in [2.75, 3.05) is 0 Å². The van der Waals surface area contributed by atoms with Crippen LogP contribution in [0.3, 0.4) is 0 Å². The van der Waals surface area contributed by atoms with Crippen molar-refractivity contribution in [1.82, 2.24) is 0 Å². The molecule has 4 rings (SSSR count). The van der Waals surface area contributed by atoms with Gasteiger partial charge in [-0.05, 0) is 86.6 Å². The van der Waals surface area contributed by atoms with Crippen molar-refractivity contribution in [3.05, 3.63) is 130 Å². The third-order valence-electron chi connectivity index (χ3n) is 4.82. The van der Waals surface area contributed by atoms with Gasteiger partial charge in [-0.1, -0.05) is 59.1 Å². The van der Waals surface area contributed by atoms with Gasteiger partial charge in [-0.2, -0.15) is 10.2 Å². The van der Waals surface area contributed by atoms with Gasteiger partial charge in [0.25, 0.3) is 0 Å². The zero-order valence-electron chi connectivity index (χ0n) is 18.1. The molecular formula is C30H22N2. The van der Waals surface area contributed by atoms with Gasteiger partial charge in [0.1, 0.15) is 0 Å². The summed E-state index contributed by atoms with van der Waals surface area (Å²) >= 11 is 0. The summed E-state index contributed by atoms with van der Waals surface area (Å²) in [4.78, 5) is 0. The summed E-state index contributed by atoms with van der Waals surface area (Å²) in [6, 6.07) is 31.9. The van der Waals surface area contributed by atoms with Gasteiger partial charge in [0.2, 0.25) is 0 Å². The summed E-state index contributed by atoms with van der Waals surface area (Å²) in [6.45, 7) is 4.14. The number of nitrogens with zero attached hydrogens (tertiary/aromatic N) is 2. The van der Waals surface area contributed by atoms with Crippen LogP contribution in [0.5, 0.6) is 0 Å². The lowest BCUT2D eigenvalue weighted by molar-refractivity contribution is 1.23. The van der Waals surface area contributed by atoms with Crippen LogP contribution in [0.2, 0.25) is 0 Å². The van der Waals surface area contributed by atoms with Gasteiger partial charge in [0.05, 0.1) is 11.4 Å². The lowest BCUT2D eigenvalue weighted by Crippen LogP contribution is -1.77. The summed E-state index contributed by atoms with van der Waals surface area (Å²) in [5.41, 5.74) is 7.94. The fourth-order valence-electron chi connectivity index (χ4n) is 2.90. The number of rotatable bonds is 2. The van der Waals surface area contributed by atoms with E-state index in [1.165, 1.54) is 11.1 Å². The van der Waals surface area contributed by atoms with E-state index in [0.29, 0.717) is 0 Å². The molecule has 0 atom stereocenters. The minimum Gasteiger partial charge on any atom is -0.151 e. The molecule has 0 radical (unpaired) electrons. The van der Waals surface area contributed by atoms with Gasteiger partial charge in [-0.15, -0.1) is 0 Å². The van der Waals surface area contributed by atoms with Crippen LogP contribution in [0.4, 0.5) is 11.4 Å². The molecule has 32 heavy (non-hydrogen) atoms. The maximum Gasteiger partial charge on any atom is 0.0857 e. The minimum atomic E-state index is 0.786. The van der Waals surface area contributed by atoms with E-state index in [0.717, 1.165) is 33.6 Å². The quantitative estimate of drug-likeness (QED) is 0.241. The van der Waals surface area contributed by atoms with E-state index >= 15 is 0 Å². The standard InChI is InChI=1S/C30H22N2/c1-23-3-7-25(8-4-23)11-13-27-15-19-29(20-16-27)31-32-30-21-17-28(18-22-30)14-12-26-9-5-24(2)6-10-26/h3-10,15-22H,1-2H3. The van der Waals surface area contributed by atoms with Gasteiger partial charge in [-0.25, -0.2) is 0 Å². The largest absolute Gasteiger partial charge is 0.151 e. The average molecular weight is 411 g/mol. The normalized spacial score (nSPS) is 10.2. The van der Waals surface area contributed by atoms with E-state index in [2.05, 4.69) is 72.0 Å². The number of benzene rings is 4. The Bertz CT molecular complexity index is 1230. The van der Waals surface area contributed by atoms with Gasteiger partial charge in [-0.3, -0.25) is 0 Å². The van der Waals surface area contributed by atoms with Crippen molar-refractivity contribution >= 4 is 11.4 Å². The summed E-state index contributed by atoms with van der Waals surface area (Å²) in [5, 5.41) is 8.64. The Morgan fingerprint density at radius 1 is 0.375 bits per heavy atom. The second-order valence-corrected chi connectivity index (χ2v) is 7.53. The first-order chi connectivity index (χ1) is 15.6. The third-order valence-corrected chi connectivity index (χ3v) is 4.82. The van der Waals surface area contributed by atoms with Crippen molar-refractivity contribution in [2.24, 2.45) is 10.2 Å². The van der Waals surface area contributed by atoms with Gasteiger partial charge >= 0.3 is 0 Å². The molecule has 0 aromatic heterocycles. The topological polar surface area (TPSA) is 24.7 Å². The highest BCUT2D eigenvalue weighted by Gasteiger charge is 1.94. The first kappa shape index (κ1) is 20.9. The molecule has 152 valence electrons. The zero-order valence-corrected chi connectivity index (χ0v) is 18.1. The van der Waals surface area contributed by atoms with Crippen molar-refractivity contribution in [3.8, 4) is 23.7 Å². The molecule has 0 aliphatic carbocycles. The van der Waals surface area contributed by atoms with Crippen molar-refractivity contribution in [3.63, 3.8) is 0 Å². The van der Waals surface area contributed by atoms with Crippen LogP contribution >= 0.6 is 0 Å². The maximum absolute atomic E-state index is 4.32. The van der Waals surface area contributed by atoms with E-state index in [4.69, 9.17) is 0 Å². The molecule has 0 fully saturated rings. The summed E-state index contributed by atoms with van der Waals surface area (Å²) in [7, 11) is 0. The van der Waals surface area contributed by atoms with Crippen LogP contribution in [-0.4, -0.2) is 0 Å². The maximum atomic E-state index is 4.32. The van der Waals surface area contributed by atoms with Crippen LogP contribution in [0.1, 0.15) is 33.4 Å². The molecule has 0 spiro atoms. The van der Waals surface area contributed by atoms with E-state index in [1.54, 1.807) is 0 Å². The molecule has 0 bridgehead atoms. The number of hydrogen-bond acceptors (Lipinski definition) is 2. The van der Waals surface area contributed by atoms with E-state index in [9.17, 15) is 0 Å². The summed E-state index contributed by atoms with van der Waals surface area (Å²) < 4.78 is 0. The van der Waals surface area contributed by atoms with Crippen LogP contribution in [0, 0.1) is 37.5 Å². The van der Waals surface area contributed by atoms with Crippen molar-refractivity contribution in [2.45, 2.75) is 13.8 Å². The van der Waals surface area contributed by atoms with Gasteiger partial charge < -0.3 is 0 Å². The molecule has 4 aromatic rings. The van der Waals surface area contributed by atoms with E-state index in [-0.39, 0.29) is 0 Å². The molecule has 0 saturated carbocycles. The fraction of sp³-hybridized carbons (Fsp3) is 0.0667. The highest BCUT2D eigenvalue weighted by molar-refractivity contribution is 5.50. The molecule has 0 heterocycles. The van der Waals surface area contributed by atoms with Gasteiger partial charge in [0.15, 0.2) is 0 Å². The Morgan fingerprint density at radius 3 is 0.906 bits per heavy atom. The van der Waals surface area contributed by atoms with E-state index < -0.39 is 0 Å². The van der Waals surface area contributed by atoms with Crippen LogP contribution in [0.25, 0.3) is 0 Å². The smallest absolute Gasteiger partial charge is 0.0857 e. The monoisotopic (exact) mass is 410 g/mol. The Morgan fingerprint density at radius 2 is 0.625 bits per heavy atom. The van der Waals surface area contributed by atoms with Crippen LogP contribution in [-0.2, 0) is 0 Å². The lowest BCUT2D eigenvalue weighted by atomic mass is 10.1. The fourth-order valence-corrected chi connectivity index (χ4v) is 2.90. The molecule has 4 aromatic carbocycles. The third kappa shape index (κ3) is 6.05. The predicted octanol–water partition coefficient (Wildman–Crippen LogP) is 7.52. The van der Waals surface area contributed by atoms with Crippen molar-refractivity contribution in [1.29, 1.82) is 0 Å². The highest BCUT2D eigenvalue weighted by atomic mass is 15.1. The lowest BCUT2D eigenvalue weighted by Gasteiger charge is -1.96. The summed E-state index contributed by atoms with van der Waals surface area (Å²) in [5.74, 6) is 12.7. The summed E-state index contributed by atoms with van der Waals surface area (Å²) in [6.07, 6.45) is 0. The number of azo groups is 1. The zero-order chi connectivity index (χ0) is 22.2. The Hall–Kier alpha value is -4.40. The molecule has 0 saturated heterocycles. The van der Waals surface area contributed by atoms with Crippen molar-refractivity contribution < 1.29 is 0 Å². The molecule has 0 aliphatic rings. The van der Waals surface area contributed by atoms with E-state index in [1.807, 2.05) is 72.8 Å². The molecule has 2 heteroatoms. The van der Waals surface area contributed by atoms with Crippen LogP contribution < -0.4 is 0 Å². The highest BCUT2D eigenvalue weighted by Crippen LogP contribution is 2.19. The minimum absolute atomic E-state index is 0.786. The molecule has 0 aliphatic heterocycles. The SMILES string of the molecule is Cc1ccc(C#Cc2ccc(N=Nc3ccc(C#Cc4ccc(C)cc4)cc3)cc2)cc1. The first-order valence-electron chi connectivity index (χ1n) is 10.4. The molecule has 0 unspecified atom stereocenters. The Balaban J connectivity index is 1.38. The molecule has 0 N–H and O–H groups in total. The average Bonchev–Trinajstić information content (AvgIpc) is 2.83. The number of hydrogen-bond donors (Lipinski definition) is 0. The first-order valence-corrected chi connectivity index (χ1v) is 10.4.